The number of ether oxygens (including phenoxy) is 1. The molecule has 1 unspecified atom stereocenters. The van der Waals surface area contributed by atoms with Crippen LogP contribution in [0.5, 0.6) is 5.75 Å². The number of nitrogens with two attached hydrogens (primary N) is 1. The summed E-state index contributed by atoms with van der Waals surface area (Å²) in [6, 6.07) is 8.24. The Balaban J connectivity index is 2.36. The number of aromatic nitrogens is 2. The Morgan fingerprint density at radius 2 is 1.86 bits per heavy atom. The molecule has 0 radical (unpaired) electrons. The number of rotatable bonds is 4. The monoisotopic (exact) mass is 287 g/mol. The van der Waals surface area contributed by atoms with Crippen LogP contribution < -0.4 is 10.5 Å². The normalized spacial score (nSPS) is 13.2. The van der Waals surface area contributed by atoms with Crippen molar-refractivity contribution in [3.05, 3.63) is 47.3 Å². The minimum Gasteiger partial charge on any atom is -0.493 e. The van der Waals surface area contributed by atoms with E-state index in [0.29, 0.717) is 0 Å². The second kappa shape index (κ2) is 5.90. The lowest BCUT2D eigenvalue weighted by Gasteiger charge is -2.21. The maximum Gasteiger partial charge on any atom is 0.161 e. The first-order valence-electron chi connectivity index (χ1n) is 7.34. The van der Waals surface area contributed by atoms with Gasteiger partial charge in [-0.1, -0.05) is 45.0 Å². The average molecular weight is 287 g/mol. The Bertz CT molecular complexity index is 572. The minimum absolute atomic E-state index is 0.144. The van der Waals surface area contributed by atoms with E-state index in [2.05, 4.69) is 50.1 Å². The highest BCUT2D eigenvalue weighted by Crippen LogP contribution is 2.30. The third-order valence-corrected chi connectivity index (χ3v) is 3.79. The summed E-state index contributed by atoms with van der Waals surface area (Å²) in [6.45, 7) is 9.43. The summed E-state index contributed by atoms with van der Waals surface area (Å²) in [5, 5.41) is 4.32. The van der Waals surface area contributed by atoms with Crippen molar-refractivity contribution in [3.63, 3.8) is 0 Å². The Labute approximate surface area is 126 Å². The largest absolute Gasteiger partial charge is 0.493 e. The molecule has 2 rings (SSSR count). The molecule has 1 heterocycles. The summed E-state index contributed by atoms with van der Waals surface area (Å²) in [7, 11) is 1.65. The van der Waals surface area contributed by atoms with Crippen LogP contribution in [0.25, 0.3) is 0 Å². The summed E-state index contributed by atoms with van der Waals surface area (Å²) < 4.78 is 7.28. The number of hydrogen-bond acceptors (Lipinski definition) is 3. The molecule has 1 aromatic heterocycles. The third-order valence-electron chi connectivity index (χ3n) is 3.79. The molecule has 0 bridgehead atoms. The predicted octanol–water partition coefficient (Wildman–Crippen LogP) is 3.26. The van der Waals surface area contributed by atoms with Gasteiger partial charge in [-0.25, -0.2) is 0 Å². The van der Waals surface area contributed by atoms with Crippen molar-refractivity contribution in [2.24, 2.45) is 5.73 Å². The SMILES string of the molecule is CCn1ncc(OC)c1C(N)c1ccc(C(C)(C)C)cc1. The Morgan fingerprint density at radius 1 is 1.24 bits per heavy atom. The van der Waals surface area contributed by atoms with E-state index in [1.165, 1.54) is 5.56 Å². The van der Waals surface area contributed by atoms with Gasteiger partial charge in [-0.2, -0.15) is 5.10 Å². The van der Waals surface area contributed by atoms with Crippen LogP contribution in [0, 0.1) is 0 Å². The number of nitrogens with zero attached hydrogens (tertiary/aromatic N) is 2. The average Bonchev–Trinajstić information content (AvgIpc) is 2.88. The zero-order chi connectivity index (χ0) is 15.6. The summed E-state index contributed by atoms with van der Waals surface area (Å²) in [6.07, 6.45) is 1.72. The Kier molecular flexibility index (Phi) is 4.37. The maximum atomic E-state index is 6.43. The highest BCUT2D eigenvalue weighted by Gasteiger charge is 2.20. The van der Waals surface area contributed by atoms with Gasteiger partial charge in [0.15, 0.2) is 5.75 Å². The van der Waals surface area contributed by atoms with Crippen molar-refractivity contribution >= 4 is 0 Å². The van der Waals surface area contributed by atoms with E-state index in [1.807, 2.05) is 11.6 Å². The van der Waals surface area contributed by atoms with Gasteiger partial charge in [0.25, 0.3) is 0 Å². The second-order valence-corrected chi connectivity index (χ2v) is 6.26. The smallest absolute Gasteiger partial charge is 0.161 e. The topological polar surface area (TPSA) is 53.1 Å². The quantitative estimate of drug-likeness (QED) is 0.939. The summed E-state index contributed by atoms with van der Waals surface area (Å²) in [5.41, 5.74) is 9.86. The molecular weight excluding hydrogens is 262 g/mol. The van der Waals surface area contributed by atoms with Gasteiger partial charge in [0, 0.05) is 6.54 Å². The highest BCUT2D eigenvalue weighted by atomic mass is 16.5. The van der Waals surface area contributed by atoms with Crippen molar-refractivity contribution in [2.45, 2.75) is 45.7 Å². The molecule has 0 spiro atoms. The van der Waals surface area contributed by atoms with Crippen molar-refractivity contribution in [1.29, 1.82) is 0 Å². The van der Waals surface area contributed by atoms with E-state index in [9.17, 15) is 0 Å². The van der Waals surface area contributed by atoms with Gasteiger partial charge in [-0.05, 0) is 23.5 Å². The van der Waals surface area contributed by atoms with Crippen molar-refractivity contribution in [2.75, 3.05) is 7.11 Å². The molecule has 4 nitrogen and oxygen atoms in total. The summed E-state index contributed by atoms with van der Waals surface area (Å²) in [5.74, 6) is 0.740. The van der Waals surface area contributed by atoms with E-state index >= 15 is 0 Å². The van der Waals surface area contributed by atoms with Crippen molar-refractivity contribution in [1.82, 2.24) is 9.78 Å². The van der Waals surface area contributed by atoms with E-state index in [-0.39, 0.29) is 11.5 Å². The first-order valence-corrected chi connectivity index (χ1v) is 7.34. The van der Waals surface area contributed by atoms with Crippen LogP contribution in [0.1, 0.15) is 50.6 Å². The maximum absolute atomic E-state index is 6.43. The van der Waals surface area contributed by atoms with Crippen LogP contribution in [0.15, 0.2) is 30.5 Å². The minimum atomic E-state index is -0.239. The number of methoxy groups -OCH3 is 1. The fourth-order valence-electron chi connectivity index (χ4n) is 2.45. The molecule has 114 valence electrons. The van der Waals surface area contributed by atoms with Gasteiger partial charge < -0.3 is 10.5 Å². The summed E-state index contributed by atoms with van der Waals surface area (Å²) >= 11 is 0. The zero-order valence-corrected chi connectivity index (χ0v) is 13.6. The van der Waals surface area contributed by atoms with Gasteiger partial charge in [0.05, 0.1) is 19.3 Å². The van der Waals surface area contributed by atoms with E-state index < -0.39 is 0 Å². The van der Waals surface area contributed by atoms with Crippen LogP contribution in [0.2, 0.25) is 0 Å². The molecule has 2 aromatic rings. The molecule has 0 aliphatic heterocycles. The molecule has 0 amide bonds. The molecule has 0 saturated heterocycles. The highest BCUT2D eigenvalue weighted by molar-refractivity contribution is 5.38. The van der Waals surface area contributed by atoms with E-state index in [4.69, 9.17) is 10.5 Å². The fraction of sp³-hybridized carbons (Fsp3) is 0.471. The first kappa shape index (κ1) is 15.6. The van der Waals surface area contributed by atoms with Crippen molar-refractivity contribution in [3.8, 4) is 5.75 Å². The molecule has 0 fully saturated rings. The van der Waals surface area contributed by atoms with E-state index in [0.717, 1.165) is 23.6 Å². The van der Waals surface area contributed by atoms with Gasteiger partial charge in [0.1, 0.15) is 5.69 Å². The van der Waals surface area contributed by atoms with Crippen LogP contribution in [-0.2, 0) is 12.0 Å². The molecule has 2 N–H and O–H groups in total. The van der Waals surface area contributed by atoms with Crippen LogP contribution in [0.3, 0.4) is 0 Å². The lowest BCUT2D eigenvalue weighted by atomic mass is 9.86. The lowest BCUT2D eigenvalue weighted by molar-refractivity contribution is 0.404. The molecule has 0 saturated carbocycles. The van der Waals surface area contributed by atoms with Crippen LogP contribution in [0.4, 0.5) is 0 Å². The summed E-state index contributed by atoms with van der Waals surface area (Å²) in [4.78, 5) is 0. The number of hydrogen-bond donors (Lipinski definition) is 1. The van der Waals surface area contributed by atoms with Crippen LogP contribution >= 0.6 is 0 Å². The molecular formula is C17H25N3O. The molecule has 1 atom stereocenters. The second-order valence-electron chi connectivity index (χ2n) is 6.26. The lowest BCUT2D eigenvalue weighted by Crippen LogP contribution is -2.18. The fourth-order valence-corrected chi connectivity index (χ4v) is 2.45. The Morgan fingerprint density at radius 3 is 2.33 bits per heavy atom. The standard InChI is InChI=1S/C17H25N3O/c1-6-20-16(14(21-5)11-19-20)15(18)12-7-9-13(10-8-12)17(2,3)4/h7-11,15H,6,18H2,1-5H3. The van der Waals surface area contributed by atoms with Crippen molar-refractivity contribution < 1.29 is 4.74 Å². The van der Waals surface area contributed by atoms with Gasteiger partial charge in [0.2, 0.25) is 0 Å². The Hall–Kier alpha value is -1.81. The molecule has 21 heavy (non-hydrogen) atoms. The molecule has 0 aliphatic rings. The molecule has 4 heteroatoms. The zero-order valence-electron chi connectivity index (χ0n) is 13.6. The van der Waals surface area contributed by atoms with Gasteiger partial charge in [-0.3, -0.25) is 4.68 Å². The van der Waals surface area contributed by atoms with Gasteiger partial charge >= 0.3 is 0 Å². The van der Waals surface area contributed by atoms with Gasteiger partial charge in [-0.15, -0.1) is 0 Å². The first-order chi connectivity index (χ1) is 9.88. The third kappa shape index (κ3) is 3.10. The van der Waals surface area contributed by atoms with Crippen LogP contribution in [-0.4, -0.2) is 16.9 Å². The number of aryl methyl sites for hydroxylation is 1. The van der Waals surface area contributed by atoms with E-state index in [1.54, 1.807) is 13.3 Å². The molecule has 0 aliphatic carbocycles. The number of benzene rings is 1. The molecule has 1 aromatic carbocycles. The predicted molar refractivity (Wildman–Crippen MR) is 85.6 cm³/mol.